The molecule has 128 valence electrons. The van der Waals surface area contributed by atoms with Crippen LogP contribution in [0.15, 0.2) is 35.3 Å². The minimum absolute atomic E-state index is 0.0571. The molecule has 0 amide bonds. The maximum absolute atomic E-state index is 12.6. The third-order valence-corrected chi connectivity index (χ3v) is 5.09. The summed E-state index contributed by atoms with van der Waals surface area (Å²) in [4.78, 5) is 12.6. The molecule has 0 bridgehead atoms. The van der Waals surface area contributed by atoms with Crippen LogP contribution in [0, 0.1) is 5.92 Å². The Balaban J connectivity index is 1.98. The standard InChI is InChI=1S/C19H26BNO3/c1-13(2)12-21-10-9-14-11-15(7-8-16(14)17(21)22)20-23-18(3,4)19(5,6)24-20/h7-11,13H,12H2,1-6H3. The Labute approximate surface area is 143 Å². The normalized spacial score (nSPS) is 19.4. The highest BCUT2D eigenvalue weighted by molar-refractivity contribution is 6.62. The minimum Gasteiger partial charge on any atom is -0.399 e. The monoisotopic (exact) mass is 327 g/mol. The van der Waals surface area contributed by atoms with Crippen LogP contribution in [0.5, 0.6) is 0 Å². The van der Waals surface area contributed by atoms with Crippen molar-refractivity contribution >= 4 is 23.4 Å². The molecular formula is C19H26BNO3. The Bertz CT molecular complexity index is 807. The van der Waals surface area contributed by atoms with E-state index in [1.54, 1.807) is 4.57 Å². The molecule has 0 spiro atoms. The minimum atomic E-state index is -0.405. The predicted molar refractivity (Wildman–Crippen MR) is 98.8 cm³/mol. The quantitative estimate of drug-likeness (QED) is 0.814. The first-order valence-corrected chi connectivity index (χ1v) is 8.59. The molecule has 1 aromatic heterocycles. The molecule has 1 fully saturated rings. The van der Waals surface area contributed by atoms with Gasteiger partial charge in [-0.05, 0) is 56.6 Å². The molecule has 1 aliphatic rings. The van der Waals surface area contributed by atoms with Crippen LogP contribution >= 0.6 is 0 Å². The molecule has 0 aliphatic carbocycles. The molecule has 2 heterocycles. The zero-order chi connectivity index (χ0) is 17.7. The average Bonchev–Trinajstić information content (AvgIpc) is 2.70. The van der Waals surface area contributed by atoms with Crippen LogP contribution in [-0.2, 0) is 15.9 Å². The number of nitrogens with zero attached hydrogens (tertiary/aromatic N) is 1. The SMILES string of the molecule is CC(C)Cn1ccc2cc(B3OC(C)(C)C(C)(C)O3)ccc2c1=O. The van der Waals surface area contributed by atoms with E-state index in [4.69, 9.17) is 9.31 Å². The number of hydrogen-bond donors (Lipinski definition) is 0. The van der Waals surface area contributed by atoms with E-state index in [-0.39, 0.29) is 16.8 Å². The van der Waals surface area contributed by atoms with Crippen molar-refractivity contribution < 1.29 is 9.31 Å². The van der Waals surface area contributed by atoms with E-state index in [9.17, 15) is 4.79 Å². The molecule has 24 heavy (non-hydrogen) atoms. The van der Waals surface area contributed by atoms with Crippen LogP contribution in [0.4, 0.5) is 0 Å². The summed E-state index contributed by atoms with van der Waals surface area (Å²) in [6, 6.07) is 7.81. The Morgan fingerprint density at radius 1 is 1.08 bits per heavy atom. The van der Waals surface area contributed by atoms with E-state index in [1.165, 1.54) is 0 Å². The van der Waals surface area contributed by atoms with Gasteiger partial charge in [0.25, 0.3) is 5.56 Å². The number of fused-ring (bicyclic) bond motifs is 1. The third kappa shape index (κ3) is 2.91. The summed E-state index contributed by atoms with van der Waals surface area (Å²) in [7, 11) is -0.405. The van der Waals surface area contributed by atoms with Gasteiger partial charge in [0.2, 0.25) is 0 Å². The van der Waals surface area contributed by atoms with Gasteiger partial charge in [-0.2, -0.15) is 0 Å². The van der Waals surface area contributed by atoms with Crippen LogP contribution in [0.25, 0.3) is 10.8 Å². The van der Waals surface area contributed by atoms with Crippen molar-refractivity contribution in [3.05, 3.63) is 40.8 Å². The van der Waals surface area contributed by atoms with Gasteiger partial charge in [-0.3, -0.25) is 4.79 Å². The second-order valence-corrected chi connectivity index (χ2v) is 8.10. The average molecular weight is 327 g/mol. The zero-order valence-corrected chi connectivity index (χ0v) is 15.4. The second-order valence-electron chi connectivity index (χ2n) is 8.10. The highest BCUT2D eigenvalue weighted by Gasteiger charge is 2.51. The van der Waals surface area contributed by atoms with E-state index in [1.807, 2.05) is 58.2 Å². The predicted octanol–water partition coefficient (Wildman–Crippen LogP) is 2.96. The lowest BCUT2D eigenvalue weighted by Crippen LogP contribution is -2.41. The molecule has 0 atom stereocenters. The van der Waals surface area contributed by atoms with Crippen LogP contribution in [0.2, 0.25) is 0 Å². The fourth-order valence-electron chi connectivity index (χ4n) is 2.97. The third-order valence-electron chi connectivity index (χ3n) is 5.09. The Kier molecular flexibility index (Phi) is 4.13. The molecule has 0 unspecified atom stereocenters. The number of rotatable bonds is 3. The van der Waals surface area contributed by atoms with Gasteiger partial charge in [0.05, 0.1) is 11.2 Å². The zero-order valence-electron chi connectivity index (χ0n) is 15.4. The summed E-state index contributed by atoms with van der Waals surface area (Å²) >= 11 is 0. The van der Waals surface area contributed by atoms with Crippen molar-refractivity contribution in [3.63, 3.8) is 0 Å². The molecule has 5 heteroatoms. The fourth-order valence-corrected chi connectivity index (χ4v) is 2.97. The van der Waals surface area contributed by atoms with Crippen LogP contribution in [0.1, 0.15) is 41.5 Å². The van der Waals surface area contributed by atoms with Crippen molar-refractivity contribution in [2.24, 2.45) is 5.92 Å². The van der Waals surface area contributed by atoms with Crippen molar-refractivity contribution in [3.8, 4) is 0 Å². The van der Waals surface area contributed by atoms with Crippen LogP contribution in [-0.4, -0.2) is 22.9 Å². The Morgan fingerprint density at radius 3 is 2.29 bits per heavy atom. The first kappa shape index (κ1) is 17.2. The summed E-state index contributed by atoms with van der Waals surface area (Å²) in [6.45, 7) is 13.1. The van der Waals surface area contributed by atoms with E-state index in [2.05, 4.69) is 13.8 Å². The highest BCUT2D eigenvalue weighted by atomic mass is 16.7. The first-order valence-electron chi connectivity index (χ1n) is 8.59. The first-order chi connectivity index (χ1) is 11.1. The molecule has 0 saturated carbocycles. The summed E-state index contributed by atoms with van der Waals surface area (Å²) in [5.74, 6) is 0.434. The van der Waals surface area contributed by atoms with Crippen molar-refractivity contribution in [2.45, 2.75) is 59.3 Å². The number of pyridine rings is 1. The molecule has 3 rings (SSSR count). The molecule has 2 aromatic rings. The molecule has 1 saturated heterocycles. The lowest BCUT2D eigenvalue weighted by Gasteiger charge is -2.32. The van der Waals surface area contributed by atoms with Gasteiger partial charge in [-0.1, -0.05) is 26.0 Å². The Hall–Kier alpha value is -1.59. The van der Waals surface area contributed by atoms with Crippen LogP contribution < -0.4 is 11.0 Å². The van der Waals surface area contributed by atoms with Crippen molar-refractivity contribution in [1.82, 2.24) is 4.57 Å². The fraction of sp³-hybridized carbons (Fsp3) is 0.526. The summed E-state index contributed by atoms with van der Waals surface area (Å²) < 4.78 is 14.0. The van der Waals surface area contributed by atoms with Gasteiger partial charge in [0, 0.05) is 18.1 Å². The summed E-state index contributed by atoms with van der Waals surface area (Å²) in [5.41, 5.74) is 0.268. The number of hydrogen-bond acceptors (Lipinski definition) is 3. The van der Waals surface area contributed by atoms with Gasteiger partial charge in [-0.15, -0.1) is 0 Å². The van der Waals surface area contributed by atoms with Crippen molar-refractivity contribution in [1.29, 1.82) is 0 Å². The topological polar surface area (TPSA) is 40.5 Å². The van der Waals surface area contributed by atoms with Gasteiger partial charge in [0.15, 0.2) is 0 Å². The molecule has 1 aromatic carbocycles. The number of aromatic nitrogens is 1. The number of benzene rings is 1. The highest BCUT2D eigenvalue weighted by Crippen LogP contribution is 2.36. The smallest absolute Gasteiger partial charge is 0.399 e. The summed E-state index contributed by atoms with van der Waals surface area (Å²) in [5, 5.41) is 1.66. The Morgan fingerprint density at radius 2 is 1.71 bits per heavy atom. The molecule has 0 N–H and O–H groups in total. The summed E-state index contributed by atoms with van der Waals surface area (Å²) in [6.07, 6.45) is 1.87. The van der Waals surface area contributed by atoms with E-state index in [0.29, 0.717) is 5.92 Å². The second kappa shape index (κ2) is 5.75. The van der Waals surface area contributed by atoms with E-state index < -0.39 is 7.12 Å². The molecule has 1 aliphatic heterocycles. The van der Waals surface area contributed by atoms with Crippen molar-refractivity contribution in [2.75, 3.05) is 0 Å². The lowest BCUT2D eigenvalue weighted by atomic mass is 9.78. The van der Waals surface area contributed by atoms with Gasteiger partial charge in [-0.25, -0.2) is 0 Å². The van der Waals surface area contributed by atoms with Gasteiger partial charge < -0.3 is 13.9 Å². The lowest BCUT2D eigenvalue weighted by molar-refractivity contribution is 0.00578. The molecule has 4 nitrogen and oxygen atoms in total. The van der Waals surface area contributed by atoms with Gasteiger partial charge in [0.1, 0.15) is 0 Å². The van der Waals surface area contributed by atoms with E-state index >= 15 is 0 Å². The van der Waals surface area contributed by atoms with E-state index in [0.717, 1.165) is 22.8 Å². The largest absolute Gasteiger partial charge is 0.494 e. The van der Waals surface area contributed by atoms with Crippen LogP contribution in [0.3, 0.4) is 0 Å². The molecule has 0 radical (unpaired) electrons. The maximum atomic E-state index is 12.6. The molecular weight excluding hydrogens is 301 g/mol. The maximum Gasteiger partial charge on any atom is 0.494 e. The van der Waals surface area contributed by atoms with Gasteiger partial charge >= 0.3 is 7.12 Å².